The number of fused-ring (bicyclic) bond motifs is 1. The number of carbonyl (C=O) groups is 1. The molecule has 0 saturated carbocycles. The van der Waals surface area contributed by atoms with Crippen molar-refractivity contribution in [3.8, 4) is 5.75 Å². The molecule has 0 bridgehead atoms. The van der Waals surface area contributed by atoms with E-state index in [1.807, 2.05) is 31.2 Å². The summed E-state index contributed by atoms with van der Waals surface area (Å²) in [5, 5.41) is 11.1. The Morgan fingerprint density at radius 2 is 1.92 bits per heavy atom. The lowest BCUT2D eigenvalue weighted by molar-refractivity contribution is -0.117. The minimum absolute atomic E-state index is 0.0616. The lowest BCUT2D eigenvalue weighted by atomic mass is 9.86. The molecule has 0 aliphatic rings. The zero-order valence-electron chi connectivity index (χ0n) is 13.6. The predicted molar refractivity (Wildman–Crippen MR) is 92.5 cm³/mol. The van der Waals surface area contributed by atoms with Crippen LogP contribution < -0.4 is 5.63 Å². The van der Waals surface area contributed by atoms with Gasteiger partial charge in [-0.2, -0.15) is 0 Å². The smallest absolute Gasteiger partial charge is 0.343 e. The highest BCUT2D eigenvalue weighted by molar-refractivity contribution is 5.85. The van der Waals surface area contributed by atoms with Crippen molar-refractivity contribution in [1.29, 1.82) is 0 Å². The first-order valence-corrected chi connectivity index (χ1v) is 7.78. The van der Waals surface area contributed by atoms with Crippen molar-refractivity contribution in [2.24, 2.45) is 0 Å². The second-order valence-electron chi connectivity index (χ2n) is 6.02. The number of rotatable bonds is 4. The van der Waals surface area contributed by atoms with E-state index in [9.17, 15) is 14.7 Å². The van der Waals surface area contributed by atoms with Crippen LogP contribution in [0.15, 0.2) is 57.7 Å². The second kappa shape index (κ2) is 6.32. The number of carbonyl (C=O) groups excluding carboxylic acids is 1. The number of ketones is 1. The number of aryl methyl sites for hydroxylation is 1. The average molecular weight is 322 g/mol. The maximum atomic E-state index is 12.5. The van der Waals surface area contributed by atoms with Crippen molar-refractivity contribution in [3.63, 3.8) is 0 Å². The topological polar surface area (TPSA) is 67.5 Å². The van der Waals surface area contributed by atoms with E-state index in [0.717, 1.165) is 11.1 Å². The summed E-state index contributed by atoms with van der Waals surface area (Å²) in [5.41, 5.74) is 1.68. The highest BCUT2D eigenvalue weighted by Gasteiger charge is 2.25. The molecule has 0 aliphatic carbocycles. The first kappa shape index (κ1) is 16.0. The Morgan fingerprint density at radius 3 is 2.62 bits per heavy atom. The maximum Gasteiger partial charge on any atom is 0.343 e. The third kappa shape index (κ3) is 2.95. The van der Waals surface area contributed by atoms with E-state index < -0.39 is 11.5 Å². The van der Waals surface area contributed by atoms with Gasteiger partial charge in [0.15, 0.2) is 0 Å². The van der Waals surface area contributed by atoms with E-state index in [0.29, 0.717) is 11.0 Å². The molecule has 0 amide bonds. The molecule has 4 nitrogen and oxygen atoms in total. The molecule has 0 spiro atoms. The van der Waals surface area contributed by atoms with E-state index >= 15 is 0 Å². The molecule has 0 radical (unpaired) electrons. The zero-order chi connectivity index (χ0) is 17.3. The van der Waals surface area contributed by atoms with Crippen LogP contribution in [-0.2, 0) is 4.79 Å². The number of aromatic hydroxyl groups is 1. The summed E-state index contributed by atoms with van der Waals surface area (Å²) >= 11 is 0. The Hall–Kier alpha value is -2.88. The minimum Gasteiger partial charge on any atom is -0.507 e. The quantitative estimate of drug-likeness (QED) is 0.739. The van der Waals surface area contributed by atoms with Gasteiger partial charge in [-0.05, 0) is 31.5 Å². The van der Waals surface area contributed by atoms with Crippen LogP contribution in [0.2, 0.25) is 0 Å². The lowest BCUT2D eigenvalue weighted by Gasteiger charge is -2.18. The largest absolute Gasteiger partial charge is 0.507 e. The van der Waals surface area contributed by atoms with Crippen molar-refractivity contribution < 1.29 is 14.3 Å². The van der Waals surface area contributed by atoms with Gasteiger partial charge in [-0.3, -0.25) is 4.79 Å². The predicted octanol–water partition coefficient (Wildman–Crippen LogP) is 3.92. The Kier molecular flexibility index (Phi) is 4.21. The molecule has 0 saturated heterocycles. The van der Waals surface area contributed by atoms with Gasteiger partial charge in [-0.25, -0.2) is 4.79 Å². The van der Waals surface area contributed by atoms with Gasteiger partial charge in [-0.15, -0.1) is 0 Å². The standard InChI is InChI=1S/C20H18O4/c1-12-6-5-7-14(10-12)16(11-13(2)21)18-19(22)15-8-3-4-9-17(15)24-20(18)23/h3-10,16,22H,11H2,1-2H3. The number of Topliss-reactive ketones (excluding diaryl/α,β-unsaturated/α-hetero) is 1. The van der Waals surface area contributed by atoms with E-state index in [1.54, 1.807) is 24.3 Å². The number of hydrogen-bond donors (Lipinski definition) is 1. The Bertz CT molecular complexity index is 969. The molecule has 24 heavy (non-hydrogen) atoms. The lowest BCUT2D eigenvalue weighted by Crippen LogP contribution is -2.16. The van der Waals surface area contributed by atoms with Crippen LogP contribution in [0.1, 0.15) is 36.0 Å². The average Bonchev–Trinajstić information content (AvgIpc) is 2.53. The molecule has 3 aromatic rings. The molecule has 1 heterocycles. The first-order chi connectivity index (χ1) is 11.5. The van der Waals surface area contributed by atoms with Crippen molar-refractivity contribution in [1.82, 2.24) is 0 Å². The summed E-state index contributed by atoms with van der Waals surface area (Å²) in [4.78, 5) is 24.3. The van der Waals surface area contributed by atoms with Gasteiger partial charge in [0, 0.05) is 12.3 Å². The van der Waals surface area contributed by atoms with Gasteiger partial charge < -0.3 is 9.52 Å². The van der Waals surface area contributed by atoms with Gasteiger partial charge in [0.05, 0.1) is 10.9 Å². The van der Waals surface area contributed by atoms with Gasteiger partial charge >= 0.3 is 5.63 Å². The second-order valence-corrected chi connectivity index (χ2v) is 6.02. The Labute approximate surface area is 139 Å². The molecule has 1 N–H and O–H groups in total. The van der Waals surface area contributed by atoms with E-state index in [2.05, 4.69) is 0 Å². The molecule has 0 aliphatic heterocycles. The van der Waals surface area contributed by atoms with Crippen LogP contribution in [0, 0.1) is 6.92 Å². The third-order valence-electron chi connectivity index (χ3n) is 4.10. The van der Waals surface area contributed by atoms with Gasteiger partial charge in [0.1, 0.15) is 17.1 Å². The Morgan fingerprint density at radius 1 is 1.17 bits per heavy atom. The number of benzene rings is 2. The monoisotopic (exact) mass is 322 g/mol. The molecule has 1 atom stereocenters. The fourth-order valence-electron chi connectivity index (χ4n) is 3.02. The normalized spacial score (nSPS) is 12.2. The van der Waals surface area contributed by atoms with Gasteiger partial charge in [0.25, 0.3) is 0 Å². The molecular formula is C20H18O4. The summed E-state index contributed by atoms with van der Waals surface area (Å²) in [6, 6.07) is 14.4. The Balaban J connectivity index is 2.27. The summed E-state index contributed by atoms with van der Waals surface area (Å²) < 4.78 is 5.36. The minimum atomic E-state index is -0.612. The van der Waals surface area contributed by atoms with E-state index in [-0.39, 0.29) is 23.5 Å². The summed E-state index contributed by atoms with van der Waals surface area (Å²) in [6.07, 6.45) is 0.125. The SMILES string of the molecule is CC(=O)CC(c1cccc(C)c1)c1c(O)c2ccccc2oc1=O. The van der Waals surface area contributed by atoms with Crippen LogP contribution in [-0.4, -0.2) is 10.9 Å². The maximum absolute atomic E-state index is 12.5. The summed E-state index contributed by atoms with van der Waals surface area (Å²) in [6.45, 7) is 3.42. The molecule has 122 valence electrons. The van der Waals surface area contributed by atoms with Crippen LogP contribution in [0.4, 0.5) is 0 Å². The molecule has 2 aromatic carbocycles. The molecule has 1 unspecified atom stereocenters. The number of hydrogen-bond acceptors (Lipinski definition) is 4. The van der Waals surface area contributed by atoms with Gasteiger partial charge in [-0.1, -0.05) is 42.0 Å². The van der Waals surface area contributed by atoms with Crippen molar-refractivity contribution in [2.45, 2.75) is 26.2 Å². The number of para-hydroxylation sites is 1. The highest BCUT2D eigenvalue weighted by atomic mass is 16.4. The molecular weight excluding hydrogens is 304 g/mol. The summed E-state index contributed by atoms with van der Waals surface area (Å²) in [7, 11) is 0. The van der Waals surface area contributed by atoms with Crippen LogP contribution in [0.25, 0.3) is 11.0 Å². The first-order valence-electron chi connectivity index (χ1n) is 7.78. The van der Waals surface area contributed by atoms with Crippen molar-refractivity contribution >= 4 is 16.8 Å². The van der Waals surface area contributed by atoms with Crippen LogP contribution in [0.5, 0.6) is 5.75 Å². The van der Waals surface area contributed by atoms with E-state index in [4.69, 9.17) is 4.42 Å². The molecule has 4 heteroatoms. The van der Waals surface area contributed by atoms with E-state index in [1.165, 1.54) is 6.92 Å². The molecule has 1 aromatic heterocycles. The highest BCUT2D eigenvalue weighted by Crippen LogP contribution is 2.36. The fraction of sp³-hybridized carbons (Fsp3) is 0.200. The van der Waals surface area contributed by atoms with Crippen LogP contribution in [0.3, 0.4) is 0 Å². The molecule has 0 fully saturated rings. The zero-order valence-corrected chi connectivity index (χ0v) is 13.6. The fourth-order valence-corrected chi connectivity index (χ4v) is 3.02. The summed E-state index contributed by atoms with van der Waals surface area (Å²) in [5.74, 6) is -0.716. The molecule has 3 rings (SSSR count). The van der Waals surface area contributed by atoms with Crippen LogP contribution >= 0.6 is 0 Å². The van der Waals surface area contributed by atoms with Crippen molar-refractivity contribution in [3.05, 3.63) is 75.6 Å². The van der Waals surface area contributed by atoms with Gasteiger partial charge in [0.2, 0.25) is 0 Å². The third-order valence-corrected chi connectivity index (χ3v) is 4.10. The van der Waals surface area contributed by atoms with Crippen molar-refractivity contribution in [2.75, 3.05) is 0 Å².